The number of aliphatic hydroxyl groups excluding tert-OH is 1. The van der Waals surface area contributed by atoms with Gasteiger partial charge in [-0.25, -0.2) is 0 Å². The van der Waals surface area contributed by atoms with Gasteiger partial charge >= 0.3 is 11.9 Å². The summed E-state index contributed by atoms with van der Waals surface area (Å²) in [6, 6.07) is 9.90. The number of hydrogen-bond acceptors (Lipinski definition) is 13. The van der Waals surface area contributed by atoms with Crippen molar-refractivity contribution in [2.24, 2.45) is 11.8 Å². The standard InChI is InChI=1S/C53H72N6O13S2/c1-3-4-6-16-39(61)27-38-32-74-30-36-15-9-14-35(25-36)29-73-31-37(48(67)54-22-21-46(65)66)28-44(62)41(26-34-12-7-5-8-13-34)56-49(68)40(19-20-45(63)64)55-51(70)47(33(2)60)57-50(69)42-17-10-23-58(42)53(72)43-18-11-24-59(43)52(38)71/h5,7-9,12-15,25,33,37-38,40-43,47,60H,3-4,6,10-11,16-24,26-32H2,1-2H3,(H,54,67)(H,55,70)(H,56,68)(H,57,69)(H,63,64)(H,65,66)/t33-,37+,38+,40+,41+,42+,43+,47+/m1/s1. The van der Waals surface area contributed by atoms with E-state index >= 15 is 0 Å². The maximum absolute atomic E-state index is 14.5. The van der Waals surface area contributed by atoms with Gasteiger partial charge in [-0.05, 0) is 68.6 Å². The van der Waals surface area contributed by atoms with Crippen LogP contribution in [0.1, 0.15) is 114 Å². The number of carbonyl (C=O) groups excluding carboxylic acids is 8. The van der Waals surface area contributed by atoms with Crippen molar-refractivity contribution < 1.29 is 63.3 Å². The maximum atomic E-state index is 14.5. The first-order valence-corrected chi connectivity index (χ1v) is 28.0. The summed E-state index contributed by atoms with van der Waals surface area (Å²) < 4.78 is 0. The number of carbonyl (C=O) groups is 10. The van der Waals surface area contributed by atoms with Crippen LogP contribution in [0.3, 0.4) is 0 Å². The SMILES string of the molecule is CCCCCC(=O)C[C@H]1CSCc2cccc(c2)CSC[C@@H](C(=O)NCCC(=O)O)CC(=O)[C@H](Cc2ccccc2)NC(=O)[C@H](CCC(=O)O)NC(=O)[C@H]([C@@H](C)O)NC(=O)[C@@H]2CCCN2C(=O)[C@@H]2CCCN2C1=O. The van der Waals surface area contributed by atoms with Crippen LogP contribution in [0.25, 0.3) is 0 Å². The minimum Gasteiger partial charge on any atom is -0.481 e. The molecule has 7 N–H and O–H groups in total. The summed E-state index contributed by atoms with van der Waals surface area (Å²) >= 11 is 2.87. The van der Waals surface area contributed by atoms with Gasteiger partial charge in [0.2, 0.25) is 35.4 Å². The van der Waals surface area contributed by atoms with E-state index in [0.29, 0.717) is 54.9 Å². The molecule has 2 fully saturated rings. The van der Waals surface area contributed by atoms with Crippen molar-refractivity contribution in [1.29, 1.82) is 0 Å². The molecule has 2 bridgehead atoms. The molecule has 3 aliphatic heterocycles. The number of unbranched alkanes of at least 4 members (excludes halogenated alkanes) is 2. The van der Waals surface area contributed by atoms with E-state index in [1.54, 1.807) is 35.2 Å². The van der Waals surface area contributed by atoms with Gasteiger partial charge in [-0.1, -0.05) is 74.4 Å². The van der Waals surface area contributed by atoms with Crippen LogP contribution < -0.4 is 21.3 Å². The largest absolute Gasteiger partial charge is 0.481 e. The van der Waals surface area contributed by atoms with Gasteiger partial charge in [-0.3, -0.25) is 47.9 Å². The molecule has 0 spiro atoms. The number of rotatable bonds is 16. The van der Waals surface area contributed by atoms with Gasteiger partial charge in [0, 0.05) is 68.3 Å². The number of nitrogens with zero attached hydrogens (tertiary/aromatic N) is 2. The minimum absolute atomic E-state index is 0.0144. The number of benzene rings is 2. The zero-order chi connectivity index (χ0) is 53.7. The Labute approximate surface area is 440 Å². The van der Waals surface area contributed by atoms with E-state index in [-0.39, 0.29) is 69.2 Å². The highest BCUT2D eigenvalue weighted by Gasteiger charge is 2.44. The summed E-state index contributed by atoms with van der Waals surface area (Å²) in [5, 5.41) is 40.1. The van der Waals surface area contributed by atoms with E-state index in [2.05, 4.69) is 21.3 Å². The predicted molar refractivity (Wildman–Crippen MR) is 278 cm³/mol. The molecule has 5 rings (SSSR count). The number of hydrogen-bond donors (Lipinski definition) is 7. The molecule has 2 aromatic carbocycles. The van der Waals surface area contributed by atoms with Gasteiger partial charge in [0.15, 0.2) is 5.78 Å². The molecule has 21 heteroatoms. The fraction of sp³-hybridized carbons (Fsp3) is 0.585. The lowest BCUT2D eigenvalue weighted by Crippen LogP contribution is -2.61. The zero-order valence-corrected chi connectivity index (χ0v) is 43.9. The van der Waals surface area contributed by atoms with E-state index in [4.69, 9.17) is 0 Å². The number of Topliss-reactive ketones (excluding diaryl/α,β-unsaturated/α-hetero) is 2. The summed E-state index contributed by atoms with van der Waals surface area (Å²) in [4.78, 5) is 139. The van der Waals surface area contributed by atoms with E-state index in [0.717, 1.165) is 24.0 Å². The summed E-state index contributed by atoms with van der Waals surface area (Å²) in [5.74, 6) is -7.47. The Bertz CT molecular complexity index is 2300. The third kappa shape index (κ3) is 18.2. The van der Waals surface area contributed by atoms with Gasteiger partial charge in [-0.15, -0.1) is 0 Å². The summed E-state index contributed by atoms with van der Waals surface area (Å²) in [6.45, 7) is 3.56. The number of amides is 6. The van der Waals surface area contributed by atoms with Crippen molar-refractivity contribution in [2.75, 3.05) is 31.1 Å². The van der Waals surface area contributed by atoms with Gasteiger partial charge in [0.05, 0.1) is 30.4 Å². The van der Waals surface area contributed by atoms with Crippen molar-refractivity contribution in [3.63, 3.8) is 0 Å². The molecule has 19 nitrogen and oxygen atoms in total. The molecule has 0 aliphatic carbocycles. The number of nitrogens with one attached hydrogen (secondary N) is 4. The first-order valence-electron chi connectivity index (χ1n) is 25.7. The lowest BCUT2D eigenvalue weighted by molar-refractivity contribution is -0.148. The Hall–Kier alpha value is -5.80. The monoisotopic (exact) mass is 1060 g/mol. The summed E-state index contributed by atoms with van der Waals surface area (Å²) in [5.41, 5.74) is 2.49. The molecule has 0 saturated carbocycles. The molecule has 0 unspecified atom stereocenters. The van der Waals surface area contributed by atoms with Crippen molar-refractivity contribution >= 4 is 82.5 Å². The highest BCUT2D eigenvalue weighted by atomic mass is 32.2. The molecule has 2 aromatic rings. The van der Waals surface area contributed by atoms with Crippen LogP contribution in [-0.2, 0) is 65.9 Å². The number of aliphatic hydroxyl groups is 1. The second kappa shape index (κ2) is 29.9. The van der Waals surface area contributed by atoms with Crippen LogP contribution in [0.4, 0.5) is 0 Å². The van der Waals surface area contributed by atoms with Crippen LogP contribution in [0.2, 0.25) is 0 Å². The molecule has 2 saturated heterocycles. The lowest BCUT2D eigenvalue weighted by Gasteiger charge is -2.33. The van der Waals surface area contributed by atoms with Crippen molar-refractivity contribution in [3.05, 3.63) is 71.3 Å². The van der Waals surface area contributed by atoms with Gasteiger partial charge in [-0.2, -0.15) is 23.5 Å². The molecule has 3 heterocycles. The van der Waals surface area contributed by atoms with E-state index < -0.39 is 108 Å². The molecule has 0 aromatic heterocycles. The van der Waals surface area contributed by atoms with Crippen molar-refractivity contribution in [3.8, 4) is 0 Å². The van der Waals surface area contributed by atoms with Gasteiger partial charge in [0.1, 0.15) is 30.0 Å². The Kier molecular flexibility index (Phi) is 23.9. The highest BCUT2D eigenvalue weighted by molar-refractivity contribution is 7.98. The third-order valence-corrected chi connectivity index (χ3v) is 15.8. The average molecular weight is 1070 g/mol. The highest BCUT2D eigenvalue weighted by Crippen LogP contribution is 2.30. The zero-order valence-electron chi connectivity index (χ0n) is 42.3. The fourth-order valence-corrected chi connectivity index (χ4v) is 11.7. The second-order valence-electron chi connectivity index (χ2n) is 19.4. The Morgan fingerprint density at radius 1 is 0.730 bits per heavy atom. The molecular formula is C53H72N6O13S2. The Morgan fingerprint density at radius 2 is 1.36 bits per heavy atom. The van der Waals surface area contributed by atoms with Crippen molar-refractivity contribution in [1.82, 2.24) is 31.1 Å². The molecule has 0 radical (unpaired) electrons. The molecule has 8 atom stereocenters. The van der Waals surface area contributed by atoms with Crippen LogP contribution in [-0.4, -0.2) is 152 Å². The maximum Gasteiger partial charge on any atom is 0.305 e. The number of aliphatic carboxylic acids is 2. The molecule has 3 aliphatic rings. The number of carboxylic acids is 2. The Balaban J connectivity index is 1.50. The van der Waals surface area contributed by atoms with Crippen molar-refractivity contribution in [2.45, 2.75) is 152 Å². The molecule has 6 amide bonds. The molecule has 404 valence electrons. The Morgan fingerprint density at radius 3 is 2.01 bits per heavy atom. The smallest absolute Gasteiger partial charge is 0.305 e. The van der Waals surface area contributed by atoms with Crippen LogP contribution in [0.5, 0.6) is 0 Å². The number of ketones is 2. The fourth-order valence-electron chi connectivity index (χ4n) is 9.50. The number of carboxylic acid groups (broad SMARTS) is 2. The quantitative estimate of drug-likeness (QED) is 0.119. The topological polar surface area (TPSA) is 286 Å². The predicted octanol–water partition coefficient (Wildman–Crippen LogP) is 3.41. The third-order valence-electron chi connectivity index (χ3n) is 13.5. The van der Waals surface area contributed by atoms with Crippen LogP contribution >= 0.6 is 23.5 Å². The molecule has 74 heavy (non-hydrogen) atoms. The molecular weight excluding hydrogens is 993 g/mol. The minimum atomic E-state index is -1.69. The first-order chi connectivity index (χ1) is 35.4. The van der Waals surface area contributed by atoms with Gasteiger partial charge < -0.3 is 46.4 Å². The normalized spacial score (nSPS) is 24.6. The summed E-state index contributed by atoms with van der Waals surface area (Å²) in [7, 11) is 0. The van der Waals surface area contributed by atoms with Gasteiger partial charge in [0.25, 0.3) is 0 Å². The number of fused-ring (bicyclic) bond motifs is 4. The van der Waals surface area contributed by atoms with E-state index in [1.165, 1.54) is 35.3 Å². The van der Waals surface area contributed by atoms with Crippen LogP contribution in [0, 0.1) is 11.8 Å². The first kappa shape index (κ1) is 59.1. The average Bonchev–Trinajstić information content (AvgIpc) is 4.07. The second-order valence-corrected chi connectivity index (χ2v) is 21.5. The summed E-state index contributed by atoms with van der Waals surface area (Å²) in [6.07, 6.45) is 0.960. The van der Waals surface area contributed by atoms with Crippen LogP contribution in [0.15, 0.2) is 54.6 Å². The van der Waals surface area contributed by atoms with E-state index in [9.17, 15) is 63.3 Å². The van der Waals surface area contributed by atoms with E-state index in [1.807, 2.05) is 31.2 Å². The number of thioether (sulfide) groups is 2. The lowest BCUT2D eigenvalue weighted by atomic mass is 9.94.